The molecule has 20 heavy (non-hydrogen) atoms. The number of rotatable bonds is 3. The number of benzene rings is 1. The van der Waals surface area contributed by atoms with Crippen molar-refractivity contribution in [3.8, 4) is 0 Å². The van der Waals surface area contributed by atoms with E-state index in [9.17, 15) is 4.79 Å². The molecule has 0 spiro atoms. The van der Waals surface area contributed by atoms with Crippen molar-refractivity contribution in [2.75, 3.05) is 30.7 Å². The SMILES string of the molecule is CC1CN(CC(=O)Nc2cc(N)ccc2Cl)C(C)CO1. The van der Waals surface area contributed by atoms with Gasteiger partial charge in [0.25, 0.3) is 0 Å². The molecule has 0 aliphatic carbocycles. The van der Waals surface area contributed by atoms with Gasteiger partial charge in [-0.25, -0.2) is 0 Å². The highest BCUT2D eigenvalue weighted by Crippen LogP contribution is 2.24. The summed E-state index contributed by atoms with van der Waals surface area (Å²) in [4.78, 5) is 14.2. The number of nitrogen functional groups attached to an aromatic ring is 1. The molecular formula is C14H20ClN3O2. The van der Waals surface area contributed by atoms with E-state index >= 15 is 0 Å². The van der Waals surface area contributed by atoms with Crippen molar-refractivity contribution in [2.45, 2.75) is 26.0 Å². The summed E-state index contributed by atoms with van der Waals surface area (Å²) in [5, 5.41) is 3.28. The Labute approximate surface area is 124 Å². The number of carbonyl (C=O) groups is 1. The van der Waals surface area contributed by atoms with Crippen LogP contribution in [0.15, 0.2) is 18.2 Å². The summed E-state index contributed by atoms with van der Waals surface area (Å²) >= 11 is 6.03. The van der Waals surface area contributed by atoms with Crippen LogP contribution in [-0.2, 0) is 9.53 Å². The largest absolute Gasteiger partial charge is 0.399 e. The number of hydrogen-bond acceptors (Lipinski definition) is 4. The highest BCUT2D eigenvalue weighted by atomic mass is 35.5. The number of morpholine rings is 1. The summed E-state index contributed by atoms with van der Waals surface area (Å²) < 4.78 is 5.54. The molecule has 0 radical (unpaired) electrons. The van der Waals surface area contributed by atoms with Gasteiger partial charge in [-0.1, -0.05) is 11.6 Å². The zero-order chi connectivity index (χ0) is 14.7. The Morgan fingerprint density at radius 1 is 1.55 bits per heavy atom. The molecule has 1 fully saturated rings. The van der Waals surface area contributed by atoms with Gasteiger partial charge in [0.15, 0.2) is 0 Å². The van der Waals surface area contributed by atoms with Gasteiger partial charge in [-0.2, -0.15) is 0 Å². The second-order valence-corrected chi connectivity index (χ2v) is 5.62. The Hall–Kier alpha value is -1.30. The Balaban J connectivity index is 1.96. The molecule has 1 aliphatic heterocycles. The van der Waals surface area contributed by atoms with Crippen LogP contribution in [0, 0.1) is 0 Å². The first-order valence-electron chi connectivity index (χ1n) is 6.66. The van der Waals surface area contributed by atoms with E-state index in [4.69, 9.17) is 22.1 Å². The summed E-state index contributed by atoms with van der Waals surface area (Å²) in [5.41, 5.74) is 6.81. The number of amides is 1. The minimum atomic E-state index is -0.0987. The zero-order valence-corrected chi connectivity index (χ0v) is 12.5. The molecule has 0 saturated carbocycles. The Bertz CT molecular complexity index is 495. The molecule has 3 N–H and O–H groups in total. The minimum absolute atomic E-state index is 0.0987. The maximum atomic E-state index is 12.1. The lowest BCUT2D eigenvalue weighted by molar-refractivity contribution is -0.121. The molecule has 1 amide bonds. The van der Waals surface area contributed by atoms with Crippen LogP contribution in [0.5, 0.6) is 0 Å². The van der Waals surface area contributed by atoms with Crippen molar-refractivity contribution in [3.05, 3.63) is 23.2 Å². The predicted molar refractivity (Wildman–Crippen MR) is 80.9 cm³/mol. The Morgan fingerprint density at radius 2 is 2.30 bits per heavy atom. The molecule has 2 atom stereocenters. The fourth-order valence-electron chi connectivity index (χ4n) is 2.21. The number of nitrogens with zero attached hydrogens (tertiary/aromatic N) is 1. The summed E-state index contributed by atoms with van der Waals surface area (Å²) in [6.45, 7) is 5.77. The lowest BCUT2D eigenvalue weighted by atomic mass is 10.2. The molecule has 1 aromatic rings. The van der Waals surface area contributed by atoms with E-state index in [1.165, 1.54) is 0 Å². The van der Waals surface area contributed by atoms with Crippen LogP contribution in [-0.4, -0.2) is 42.6 Å². The van der Waals surface area contributed by atoms with E-state index in [-0.39, 0.29) is 18.1 Å². The third-order valence-electron chi connectivity index (χ3n) is 3.35. The maximum Gasteiger partial charge on any atom is 0.238 e. The normalized spacial score (nSPS) is 23.6. The van der Waals surface area contributed by atoms with Crippen molar-refractivity contribution in [1.82, 2.24) is 4.90 Å². The average Bonchev–Trinajstić information content (AvgIpc) is 2.38. The third-order valence-corrected chi connectivity index (χ3v) is 3.68. The zero-order valence-electron chi connectivity index (χ0n) is 11.7. The number of hydrogen-bond donors (Lipinski definition) is 2. The number of carbonyl (C=O) groups excluding carboxylic acids is 1. The van der Waals surface area contributed by atoms with Gasteiger partial charge >= 0.3 is 0 Å². The molecule has 110 valence electrons. The molecule has 1 saturated heterocycles. The number of ether oxygens (including phenoxy) is 1. The van der Waals surface area contributed by atoms with Crippen LogP contribution >= 0.6 is 11.6 Å². The standard InChI is InChI=1S/C14H20ClN3O2/c1-9-8-20-10(2)6-18(9)7-14(19)17-13-5-11(16)3-4-12(13)15/h3-5,9-10H,6-8,16H2,1-2H3,(H,17,19). The van der Waals surface area contributed by atoms with Crippen LogP contribution in [0.3, 0.4) is 0 Å². The highest BCUT2D eigenvalue weighted by molar-refractivity contribution is 6.33. The number of nitrogens with one attached hydrogen (secondary N) is 1. The minimum Gasteiger partial charge on any atom is -0.399 e. The number of nitrogens with two attached hydrogens (primary N) is 1. The predicted octanol–water partition coefficient (Wildman–Crippen LogP) is 1.97. The van der Waals surface area contributed by atoms with Crippen LogP contribution in [0.4, 0.5) is 11.4 Å². The third kappa shape index (κ3) is 3.85. The fourth-order valence-corrected chi connectivity index (χ4v) is 2.37. The molecule has 0 aromatic heterocycles. The van der Waals surface area contributed by atoms with Gasteiger partial charge in [0.05, 0.1) is 30.0 Å². The topological polar surface area (TPSA) is 67.6 Å². The lowest BCUT2D eigenvalue weighted by Gasteiger charge is -2.36. The van der Waals surface area contributed by atoms with E-state index in [0.29, 0.717) is 29.5 Å². The van der Waals surface area contributed by atoms with Gasteiger partial charge in [0.1, 0.15) is 0 Å². The molecule has 1 aliphatic rings. The quantitative estimate of drug-likeness (QED) is 0.837. The van der Waals surface area contributed by atoms with Gasteiger partial charge in [0.2, 0.25) is 5.91 Å². The summed E-state index contributed by atoms with van der Waals surface area (Å²) in [6, 6.07) is 5.26. The molecule has 2 rings (SSSR count). The Morgan fingerprint density at radius 3 is 3.05 bits per heavy atom. The summed E-state index contributed by atoms with van der Waals surface area (Å²) in [6.07, 6.45) is 0.148. The molecule has 5 nitrogen and oxygen atoms in total. The number of halogens is 1. The molecule has 1 aromatic carbocycles. The first-order valence-corrected chi connectivity index (χ1v) is 7.04. The van der Waals surface area contributed by atoms with Gasteiger partial charge in [0, 0.05) is 18.3 Å². The molecular weight excluding hydrogens is 278 g/mol. The second-order valence-electron chi connectivity index (χ2n) is 5.21. The van der Waals surface area contributed by atoms with Gasteiger partial charge in [-0.15, -0.1) is 0 Å². The van der Waals surface area contributed by atoms with Gasteiger partial charge in [-0.05, 0) is 32.0 Å². The first kappa shape index (κ1) is 15.1. The molecule has 2 unspecified atom stereocenters. The van der Waals surface area contributed by atoms with Crippen molar-refractivity contribution in [3.63, 3.8) is 0 Å². The van der Waals surface area contributed by atoms with Crippen molar-refractivity contribution >= 4 is 28.9 Å². The van der Waals surface area contributed by atoms with E-state index in [2.05, 4.69) is 10.2 Å². The molecule has 0 bridgehead atoms. The van der Waals surface area contributed by atoms with Crippen LogP contribution in [0.25, 0.3) is 0 Å². The maximum absolute atomic E-state index is 12.1. The van der Waals surface area contributed by atoms with Crippen LogP contribution in [0.1, 0.15) is 13.8 Å². The lowest BCUT2D eigenvalue weighted by Crippen LogP contribution is -2.50. The van der Waals surface area contributed by atoms with Crippen LogP contribution < -0.4 is 11.1 Å². The first-order chi connectivity index (χ1) is 9.45. The Kier molecular flexibility index (Phi) is 4.86. The average molecular weight is 298 g/mol. The van der Waals surface area contributed by atoms with E-state index in [1.54, 1.807) is 18.2 Å². The smallest absolute Gasteiger partial charge is 0.238 e. The monoisotopic (exact) mass is 297 g/mol. The van der Waals surface area contributed by atoms with Crippen LogP contribution in [0.2, 0.25) is 5.02 Å². The highest BCUT2D eigenvalue weighted by Gasteiger charge is 2.25. The molecule has 1 heterocycles. The van der Waals surface area contributed by atoms with Crippen molar-refractivity contribution in [2.24, 2.45) is 0 Å². The van der Waals surface area contributed by atoms with Gasteiger partial charge < -0.3 is 15.8 Å². The van der Waals surface area contributed by atoms with E-state index in [0.717, 1.165) is 6.54 Å². The number of anilines is 2. The van der Waals surface area contributed by atoms with E-state index in [1.807, 2.05) is 13.8 Å². The van der Waals surface area contributed by atoms with Gasteiger partial charge in [-0.3, -0.25) is 9.69 Å². The van der Waals surface area contributed by atoms with Crippen molar-refractivity contribution in [1.29, 1.82) is 0 Å². The van der Waals surface area contributed by atoms with E-state index < -0.39 is 0 Å². The van der Waals surface area contributed by atoms with Crippen molar-refractivity contribution < 1.29 is 9.53 Å². The second kappa shape index (κ2) is 6.43. The summed E-state index contributed by atoms with van der Waals surface area (Å²) in [5.74, 6) is -0.0987. The summed E-state index contributed by atoms with van der Waals surface area (Å²) in [7, 11) is 0. The fraction of sp³-hybridized carbons (Fsp3) is 0.500. The molecule has 6 heteroatoms.